The number of amides is 1. The molecular weight excluding hydrogens is 707 g/mol. The Kier molecular flexibility index (Phi) is 43.2. The number of aliphatic hydroxyl groups excluding tert-OH is 2. The Bertz CT molecular complexity index is 988. The highest BCUT2D eigenvalue weighted by Gasteiger charge is 2.24. The summed E-state index contributed by atoms with van der Waals surface area (Å²) in [7, 11) is 0. The summed E-state index contributed by atoms with van der Waals surface area (Å²) >= 11 is 0. The number of esters is 1. The highest BCUT2D eigenvalue weighted by molar-refractivity contribution is 5.77. The third kappa shape index (κ3) is 40.4. The van der Waals surface area contributed by atoms with E-state index in [1.807, 2.05) is 6.08 Å². The number of carbonyl (C=O) groups excluding carboxylic acids is 2. The molecule has 0 aromatic heterocycles. The second-order valence-corrected chi connectivity index (χ2v) is 16.6. The fraction of sp³-hybridized carbons (Fsp3) is 0.804. The highest BCUT2D eigenvalue weighted by atomic mass is 16.5. The monoisotopic (exact) mass is 800 g/mol. The van der Waals surface area contributed by atoms with Gasteiger partial charge in [0, 0.05) is 6.42 Å². The largest absolute Gasteiger partial charge is 0.462 e. The lowest BCUT2D eigenvalue weighted by Crippen LogP contribution is -2.46. The quantitative estimate of drug-likeness (QED) is 0.0324. The van der Waals surface area contributed by atoms with E-state index >= 15 is 0 Å². The zero-order valence-corrected chi connectivity index (χ0v) is 37.7. The van der Waals surface area contributed by atoms with Gasteiger partial charge in [-0.2, -0.15) is 0 Å². The molecule has 1 amide bonds. The van der Waals surface area contributed by atoms with Crippen LogP contribution in [-0.2, 0) is 14.3 Å². The first-order valence-electron chi connectivity index (χ1n) is 24.4. The minimum atomic E-state index is -0.795. The minimum Gasteiger partial charge on any atom is -0.462 e. The SMILES string of the molecule is CCCCC/C=C/C=C/C=C/C=C/CCCCCC(CC(=O)NC(CO)C(O)CCCCCCCCCCCC)OC(=O)CCCCCCCCCCCCCC. The van der Waals surface area contributed by atoms with Crippen molar-refractivity contribution in [2.24, 2.45) is 0 Å². The van der Waals surface area contributed by atoms with Crippen molar-refractivity contribution in [3.05, 3.63) is 48.6 Å². The van der Waals surface area contributed by atoms with Gasteiger partial charge in [0.2, 0.25) is 5.91 Å². The molecule has 3 atom stereocenters. The molecule has 0 spiro atoms. The van der Waals surface area contributed by atoms with Crippen molar-refractivity contribution in [3.63, 3.8) is 0 Å². The lowest BCUT2D eigenvalue weighted by molar-refractivity contribution is -0.151. The Morgan fingerprint density at radius 2 is 0.895 bits per heavy atom. The van der Waals surface area contributed by atoms with Crippen molar-refractivity contribution in [3.8, 4) is 0 Å². The van der Waals surface area contributed by atoms with Crippen LogP contribution >= 0.6 is 0 Å². The Morgan fingerprint density at radius 1 is 0.509 bits per heavy atom. The van der Waals surface area contributed by atoms with Crippen LogP contribution in [0.15, 0.2) is 48.6 Å². The molecule has 6 heteroatoms. The molecule has 0 heterocycles. The zero-order valence-electron chi connectivity index (χ0n) is 37.7. The van der Waals surface area contributed by atoms with Crippen LogP contribution in [0.25, 0.3) is 0 Å². The summed E-state index contributed by atoms with van der Waals surface area (Å²) in [5.41, 5.74) is 0. The molecule has 3 unspecified atom stereocenters. The molecule has 0 fully saturated rings. The molecule has 0 bridgehead atoms. The lowest BCUT2D eigenvalue weighted by Gasteiger charge is -2.24. The van der Waals surface area contributed by atoms with Crippen LogP contribution < -0.4 is 5.32 Å². The van der Waals surface area contributed by atoms with Gasteiger partial charge in [0.1, 0.15) is 6.10 Å². The van der Waals surface area contributed by atoms with Gasteiger partial charge in [-0.1, -0.05) is 223 Å². The molecule has 332 valence electrons. The Balaban J connectivity index is 4.69. The maximum atomic E-state index is 13.1. The van der Waals surface area contributed by atoms with E-state index in [1.54, 1.807) is 0 Å². The summed E-state index contributed by atoms with van der Waals surface area (Å²) in [5, 5.41) is 23.6. The molecule has 0 aromatic carbocycles. The molecule has 0 rings (SSSR count). The second kappa shape index (κ2) is 44.9. The minimum absolute atomic E-state index is 0.0534. The van der Waals surface area contributed by atoms with Gasteiger partial charge in [-0.25, -0.2) is 0 Å². The van der Waals surface area contributed by atoms with Crippen LogP contribution in [-0.4, -0.2) is 46.9 Å². The summed E-state index contributed by atoms with van der Waals surface area (Å²) in [5.74, 6) is -0.509. The van der Waals surface area contributed by atoms with Crippen LogP contribution in [0.1, 0.15) is 239 Å². The van der Waals surface area contributed by atoms with Crippen molar-refractivity contribution in [2.45, 2.75) is 257 Å². The third-order valence-electron chi connectivity index (χ3n) is 11.0. The van der Waals surface area contributed by atoms with Crippen molar-refractivity contribution in [2.75, 3.05) is 6.61 Å². The maximum absolute atomic E-state index is 13.1. The van der Waals surface area contributed by atoms with Gasteiger partial charge in [-0.05, 0) is 51.4 Å². The number of rotatable bonds is 43. The predicted octanol–water partition coefficient (Wildman–Crippen LogP) is 14.3. The second-order valence-electron chi connectivity index (χ2n) is 16.6. The normalized spacial score (nSPS) is 13.7. The van der Waals surface area contributed by atoms with Crippen LogP contribution in [0.4, 0.5) is 0 Å². The first-order valence-corrected chi connectivity index (χ1v) is 24.4. The van der Waals surface area contributed by atoms with E-state index < -0.39 is 18.2 Å². The number of hydrogen-bond acceptors (Lipinski definition) is 5. The summed E-state index contributed by atoms with van der Waals surface area (Å²) in [6.45, 7) is 6.41. The molecule has 0 saturated heterocycles. The first-order chi connectivity index (χ1) is 28.0. The summed E-state index contributed by atoms with van der Waals surface area (Å²) in [6, 6.07) is -0.711. The number of allylic oxidation sites excluding steroid dienone is 8. The first kappa shape index (κ1) is 54.8. The summed E-state index contributed by atoms with van der Waals surface area (Å²) < 4.78 is 5.90. The van der Waals surface area contributed by atoms with Gasteiger partial charge in [-0.3, -0.25) is 9.59 Å². The van der Waals surface area contributed by atoms with Gasteiger partial charge in [0.05, 0.1) is 25.2 Å². The molecular formula is C51H93NO5. The average Bonchev–Trinajstić information content (AvgIpc) is 3.20. The van der Waals surface area contributed by atoms with Gasteiger partial charge >= 0.3 is 5.97 Å². The van der Waals surface area contributed by atoms with Gasteiger partial charge in [0.15, 0.2) is 0 Å². The van der Waals surface area contributed by atoms with Crippen LogP contribution in [0.2, 0.25) is 0 Å². The van der Waals surface area contributed by atoms with E-state index in [-0.39, 0.29) is 24.9 Å². The standard InChI is InChI=1S/C51H93NO5/c1-4-7-10-13-16-19-22-24-25-26-27-28-30-33-36-39-42-47(57-51(56)44-41-38-35-32-29-23-20-17-14-11-8-5-2)45-50(55)52-48(46-53)49(54)43-40-37-34-31-21-18-15-12-9-6-3/h16,19,22,24-28,47-49,53-54H,4-15,17-18,20-21,23,29-46H2,1-3H3,(H,52,55)/b19-16+,24-22+,26-25+,28-27+. The van der Waals surface area contributed by atoms with Gasteiger partial charge in [-0.15, -0.1) is 0 Å². The van der Waals surface area contributed by atoms with E-state index in [4.69, 9.17) is 4.74 Å². The number of unbranched alkanes of at least 4 members (excludes halogenated alkanes) is 26. The smallest absolute Gasteiger partial charge is 0.306 e. The van der Waals surface area contributed by atoms with E-state index in [1.165, 1.54) is 122 Å². The molecule has 0 aliphatic rings. The average molecular weight is 800 g/mol. The highest BCUT2D eigenvalue weighted by Crippen LogP contribution is 2.17. The van der Waals surface area contributed by atoms with E-state index in [0.717, 1.165) is 70.6 Å². The number of nitrogens with one attached hydrogen (secondary N) is 1. The number of aliphatic hydroxyl groups is 2. The topological polar surface area (TPSA) is 95.9 Å². The van der Waals surface area contributed by atoms with Gasteiger partial charge < -0.3 is 20.3 Å². The molecule has 0 aromatic rings. The van der Waals surface area contributed by atoms with Gasteiger partial charge in [0.25, 0.3) is 0 Å². The van der Waals surface area contributed by atoms with E-state index in [2.05, 4.69) is 68.6 Å². The Hall–Kier alpha value is -2.18. The lowest BCUT2D eigenvalue weighted by atomic mass is 10.0. The summed E-state index contributed by atoms with van der Waals surface area (Å²) in [4.78, 5) is 26.0. The molecule has 0 aliphatic carbocycles. The van der Waals surface area contributed by atoms with Crippen molar-refractivity contribution < 1.29 is 24.5 Å². The van der Waals surface area contributed by atoms with Crippen molar-refractivity contribution >= 4 is 11.9 Å². The van der Waals surface area contributed by atoms with Crippen LogP contribution in [0.3, 0.4) is 0 Å². The number of carbonyl (C=O) groups is 2. The van der Waals surface area contributed by atoms with E-state index in [0.29, 0.717) is 19.3 Å². The summed E-state index contributed by atoms with van der Waals surface area (Å²) in [6.07, 6.45) is 53.1. The number of ether oxygens (including phenoxy) is 1. The van der Waals surface area contributed by atoms with E-state index in [9.17, 15) is 19.8 Å². The Labute approximate surface area is 353 Å². The van der Waals surface area contributed by atoms with Crippen LogP contribution in [0.5, 0.6) is 0 Å². The maximum Gasteiger partial charge on any atom is 0.306 e. The number of hydrogen-bond donors (Lipinski definition) is 3. The van der Waals surface area contributed by atoms with Crippen molar-refractivity contribution in [1.29, 1.82) is 0 Å². The third-order valence-corrected chi connectivity index (χ3v) is 11.0. The molecule has 0 saturated carbocycles. The zero-order chi connectivity index (χ0) is 41.7. The fourth-order valence-corrected chi connectivity index (χ4v) is 7.27. The molecule has 57 heavy (non-hydrogen) atoms. The predicted molar refractivity (Wildman–Crippen MR) is 245 cm³/mol. The molecule has 3 N–H and O–H groups in total. The fourth-order valence-electron chi connectivity index (χ4n) is 7.27. The Morgan fingerprint density at radius 3 is 1.39 bits per heavy atom. The molecule has 0 aliphatic heterocycles. The molecule has 6 nitrogen and oxygen atoms in total. The van der Waals surface area contributed by atoms with Crippen molar-refractivity contribution in [1.82, 2.24) is 5.32 Å². The molecule has 0 radical (unpaired) electrons. The van der Waals surface area contributed by atoms with Crippen LogP contribution in [0, 0.1) is 0 Å².